The first kappa shape index (κ1) is 29.8. The van der Waals surface area contributed by atoms with E-state index in [1.807, 2.05) is 20.0 Å². The van der Waals surface area contributed by atoms with Crippen molar-refractivity contribution in [3.05, 3.63) is 40.4 Å². The first-order chi connectivity index (χ1) is 20.7. The summed E-state index contributed by atoms with van der Waals surface area (Å²) in [6.45, 7) is 5.35. The second kappa shape index (κ2) is 12.0. The van der Waals surface area contributed by atoms with Crippen LogP contribution in [0.2, 0.25) is 5.02 Å². The van der Waals surface area contributed by atoms with E-state index in [1.54, 1.807) is 6.07 Å². The van der Waals surface area contributed by atoms with Crippen molar-refractivity contribution in [3.8, 4) is 23.2 Å². The first-order valence-electron chi connectivity index (χ1n) is 14.7. The largest absolute Gasteiger partial charge is 0.460 e. The molecule has 6 rings (SSSR count). The number of aromatic nitrogens is 2. The number of halogens is 3. The summed E-state index contributed by atoms with van der Waals surface area (Å²) in [5, 5.41) is 17.5. The van der Waals surface area contributed by atoms with Crippen LogP contribution in [0.3, 0.4) is 0 Å². The molecule has 2 aromatic heterocycles. The molecule has 4 aromatic rings. The Morgan fingerprint density at radius 2 is 2.12 bits per heavy atom. The zero-order chi connectivity index (χ0) is 30.3. The fraction of sp³-hybridized carbons (Fsp3) is 0.452. The molecule has 1 spiro atoms. The molecule has 2 aliphatic heterocycles. The Bertz CT molecular complexity index is 1740. The minimum absolute atomic E-state index is 0.0196. The molecule has 8 nitrogen and oxygen atoms in total. The van der Waals surface area contributed by atoms with Gasteiger partial charge in [-0.2, -0.15) is 15.2 Å². The Morgan fingerprint density at radius 1 is 1.30 bits per heavy atom. The summed E-state index contributed by atoms with van der Waals surface area (Å²) in [6, 6.07) is 6.49. The molecule has 0 radical (unpaired) electrons. The molecule has 226 valence electrons. The molecule has 4 heterocycles. The van der Waals surface area contributed by atoms with E-state index in [9.17, 15) is 9.65 Å². The van der Waals surface area contributed by atoms with E-state index in [0.717, 1.165) is 76.0 Å². The van der Waals surface area contributed by atoms with E-state index in [4.69, 9.17) is 27.1 Å². The van der Waals surface area contributed by atoms with E-state index in [2.05, 4.69) is 20.5 Å². The zero-order valence-corrected chi connectivity index (χ0v) is 25.8. The van der Waals surface area contributed by atoms with Gasteiger partial charge in [-0.3, -0.25) is 0 Å². The molecule has 2 aliphatic rings. The lowest BCUT2D eigenvalue weighted by molar-refractivity contribution is 0.173. The molecule has 2 unspecified atom stereocenters. The number of piperidine rings is 1. The van der Waals surface area contributed by atoms with Crippen LogP contribution in [0.15, 0.2) is 18.2 Å². The summed E-state index contributed by atoms with van der Waals surface area (Å²) in [6.07, 6.45) is 5.71. The van der Waals surface area contributed by atoms with Gasteiger partial charge in [-0.1, -0.05) is 17.7 Å². The number of nitrogens with two attached hydrogens (primary N) is 1. The highest BCUT2D eigenvalue weighted by molar-refractivity contribution is 7.23. The van der Waals surface area contributed by atoms with Crippen LogP contribution in [0.4, 0.5) is 19.6 Å². The molecular formula is C31H34ClF2N7OS. The molecule has 0 aliphatic carbocycles. The highest BCUT2D eigenvalue weighted by Crippen LogP contribution is 2.46. The van der Waals surface area contributed by atoms with Crippen molar-refractivity contribution in [2.24, 2.45) is 0 Å². The Labute approximate surface area is 258 Å². The molecule has 12 heteroatoms. The van der Waals surface area contributed by atoms with Crippen molar-refractivity contribution in [1.82, 2.24) is 20.6 Å². The number of anilines is 2. The number of ether oxygens (including phenoxy) is 1. The second-order valence-electron chi connectivity index (χ2n) is 11.5. The van der Waals surface area contributed by atoms with E-state index < -0.39 is 11.6 Å². The van der Waals surface area contributed by atoms with Crippen molar-refractivity contribution < 1.29 is 13.5 Å². The molecule has 0 bridgehead atoms. The number of nitrogens with zero attached hydrogens (tertiary/aromatic N) is 4. The highest BCUT2D eigenvalue weighted by atomic mass is 35.5. The molecule has 0 amide bonds. The van der Waals surface area contributed by atoms with Gasteiger partial charge in [0.05, 0.1) is 21.4 Å². The monoisotopic (exact) mass is 625 g/mol. The van der Waals surface area contributed by atoms with Gasteiger partial charge in [0, 0.05) is 35.0 Å². The van der Waals surface area contributed by atoms with Crippen molar-refractivity contribution in [2.45, 2.75) is 57.1 Å². The Balaban J connectivity index is 1.50. The van der Waals surface area contributed by atoms with Crippen LogP contribution in [0.25, 0.3) is 32.1 Å². The van der Waals surface area contributed by atoms with Crippen LogP contribution in [-0.4, -0.2) is 54.8 Å². The first-order valence-corrected chi connectivity index (χ1v) is 15.9. The molecule has 2 atom stereocenters. The van der Waals surface area contributed by atoms with Gasteiger partial charge in [-0.05, 0) is 83.3 Å². The predicted octanol–water partition coefficient (Wildman–Crippen LogP) is 6.39. The fourth-order valence-electron chi connectivity index (χ4n) is 6.32. The number of fused-ring (bicyclic) bond motifs is 2. The molecule has 4 N–H and O–H groups in total. The van der Waals surface area contributed by atoms with Gasteiger partial charge in [0.1, 0.15) is 28.2 Å². The summed E-state index contributed by atoms with van der Waals surface area (Å²) < 4.78 is 38.0. The molecule has 2 aromatic carbocycles. The third-order valence-electron chi connectivity index (χ3n) is 8.62. The maximum atomic E-state index is 16.8. The van der Waals surface area contributed by atoms with E-state index in [1.165, 1.54) is 12.1 Å². The van der Waals surface area contributed by atoms with Crippen molar-refractivity contribution in [3.63, 3.8) is 0 Å². The molecule has 0 saturated carbocycles. The minimum atomic E-state index is -0.687. The quantitative estimate of drug-likeness (QED) is 0.184. The summed E-state index contributed by atoms with van der Waals surface area (Å²) in [4.78, 5) is 11.6. The standard InChI is InChI=1S/C31H34ClF2N7OS/c1-17(6-3-4-11-37-2)42-30-39-26-19(29(40-30)41-13-5-9-31(16-41)10-12-38-31)14-21(32)24(25(26)34)18-7-8-22(33)27-23(18)20(15-35)28(36)43-27/h7-8,14,17,37-38H,3-6,9-13,16,36H2,1-2H3. The Hall–Kier alpha value is -3.30. The van der Waals surface area contributed by atoms with E-state index in [-0.39, 0.29) is 60.0 Å². The van der Waals surface area contributed by atoms with Gasteiger partial charge in [0.25, 0.3) is 0 Å². The average molecular weight is 626 g/mol. The van der Waals surface area contributed by atoms with Crippen LogP contribution >= 0.6 is 22.9 Å². The number of benzene rings is 2. The lowest BCUT2D eigenvalue weighted by Gasteiger charge is -2.50. The van der Waals surface area contributed by atoms with Gasteiger partial charge in [0.15, 0.2) is 5.82 Å². The van der Waals surface area contributed by atoms with Crippen molar-refractivity contribution in [1.29, 1.82) is 5.26 Å². The molecule has 2 saturated heterocycles. The summed E-state index contributed by atoms with van der Waals surface area (Å²) in [5.41, 5.74) is 6.53. The average Bonchev–Trinajstić information content (AvgIpc) is 3.32. The van der Waals surface area contributed by atoms with Crippen LogP contribution in [0.1, 0.15) is 51.0 Å². The van der Waals surface area contributed by atoms with Crippen LogP contribution < -0.4 is 26.0 Å². The van der Waals surface area contributed by atoms with Gasteiger partial charge in [-0.25, -0.2) is 8.78 Å². The Kier molecular flexibility index (Phi) is 8.31. The van der Waals surface area contributed by atoms with Crippen LogP contribution in [0, 0.1) is 23.0 Å². The number of thiophene rings is 1. The van der Waals surface area contributed by atoms with Crippen molar-refractivity contribution in [2.75, 3.05) is 43.9 Å². The molecule has 2 fully saturated rings. The lowest BCUT2D eigenvalue weighted by atomic mass is 9.80. The van der Waals surface area contributed by atoms with Crippen LogP contribution in [0.5, 0.6) is 6.01 Å². The van der Waals surface area contributed by atoms with Crippen LogP contribution in [-0.2, 0) is 0 Å². The third kappa shape index (κ3) is 5.46. The Morgan fingerprint density at radius 3 is 2.84 bits per heavy atom. The van der Waals surface area contributed by atoms with Gasteiger partial charge in [-0.15, -0.1) is 11.3 Å². The highest BCUT2D eigenvalue weighted by Gasteiger charge is 2.41. The SMILES string of the molecule is CNCCCCC(C)Oc1nc(N2CCCC3(CCN3)C2)c2cc(Cl)c(-c3ccc(F)c4sc(N)c(C#N)c34)c(F)c2n1. The van der Waals surface area contributed by atoms with E-state index in [0.29, 0.717) is 11.2 Å². The number of rotatable bonds is 9. The fourth-order valence-corrected chi connectivity index (χ4v) is 7.56. The number of nitrogen functional groups attached to an aromatic ring is 1. The third-order valence-corrected chi connectivity index (χ3v) is 9.94. The van der Waals surface area contributed by atoms with Gasteiger partial charge < -0.3 is 26.0 Å². The zero-order valence-electron chi connectivity index (χ0n) is 24.2. The predicted molar refractivity (Wildman–Crippen MR) is 169 cm³/mol. The number of hydrogen-bond donors (Lipinski definition) is 3. The number of hydrogen-bond acceptors (Lipinski definition) is 9. The second-order valence-corrected chi connectivity index (χ2v) is 13.0. The number of nitrogens with one attached hydrogen (secondary N) is 2. The van der Waals surface area contributed by atoms with Gasteiger partial charge >= 0.3 is 6.01 Å². The molecular weight excluding hydrogens is 592 g/mol. The summed E-state index contributed by atoms with van der Waals surface area (Å²) in [7, 11) is 1.93. The topological polar surface area (TPSA) is 112 Å². The normalized spacial score (nSPS) is 19.1. The summed E-state index contributed by atoms with van der Waals surface area (Å²) >= 11 is 7.78. The van der Waals surface area contributed by atoms with Crippen molar-refractivity contribution >= 4 is 54.7 Å². The smallest absolute Gasteiger partial charge is 0.319 e. The maximum Gasteiger partial charge on any atom is 0.319 e. The number of nitriles is 1. The number of unbranched alkanes of at least 4 members (excludes halogenated alkanes) is 1. The minimum Gasteiger partial charge on any atom is -0.460 e. The summed E-state index contributed by atoms with van der Waals surface area (Å²) in [5.74, 6) is -0.654. The molecule has 43 heavy (non-hydrogen) atoms. The lowest BCUT2D eigenvalue weighted by Crippen LogP contribution is -2.65. The van der Waals surface area contributed by atoms with E-state index >= 15 is 4.39 Å². The van der Waals surface area contributed by atoms with Gasteiger partial charge in [0.2, 0.25) is 0 Å². The maximum absolute atomic E-state index is 16.8.